The highest BCUT2D eigenvalue weighted by atomic mass is 19.4. The number of halogens is 4. The number of nitrogens with one attached hydrogen (secondary N) is 1. The van der Waals surface area contributed by atoms with E-state index in [1.165, 1.54) is 18.3 Å². The summed E-state index contributed by atoms with van der Waals surface area (Å²) in [6, 6.07) is 13.3. The fourth-order valence-electron chi connectivity index (χ4n) is 3.36. The Bertz CT molecular complexity index is 1460. The minimum absolute atomic E-state index is 0.0954. The molecule has 1 amide bonds. The van der Waals surface area contributed by atoms with E-state index in [0.717, 1.165) is 6.07 Å². The van der Waals surface area contributed by atoms with E-state index in [2.05, 4.69) is 15.3 Å². The molecule has 4 aromatic rings. The number of rotatable bonds is 6. The molecule has 0 fully saturated rings. The van der Waals surface area contributed by atoms with Crippen molar-refractivity contribution in [3.8, 4) is 11.6 Å². The zero-order valence-electron chi connectivity index (χ0n) is 18.6. The van der Waals surface area contributed by atoms with Crippen molar-refractivity contribution >= 4 is 28.3 Å². The van der Waals surface area contributed by atoms with E-state index in [1.54, 1.807) is 37.3 Å². The number of aromatic nitrogens is 2. The van der Waals surface area contributed by atoms with Gasteiger partial charge in [-0.05, 0) is 60.2 Å². The van der Waals surface area contributed by atoms with Gasteiger partial charge in [-0.3, -0.25) is 4.79 Å². The topological polar surface area (TPSA) is 90.4 Å². The van der Waals surface area contributed by atoms with E-state index in [4.69, 9.17) is 9.47 Å². The van der Waals surface area contributed by atoms with E-state index in [-0.39, 0.29) is 29.6 Å². The average molecular weight is 499 g/mol. The molecule has 0 saturated heterocycles. The number of carbonyl (C=O) groups is 2. The van der Waals surface area contributed by atoms with Crippen LogP contribution >= 0.6 is 0 Å². The molecule has 0 radical (unpaired) electrons. The minimum Gasteiger partial charge on any atom is -0.460 e. The maximum absolute atomic E-state index is 13.5. The van der Waals surface area contributed by atoms with Gasteiger partial charge in [-0.25, -0.2) is 14.2 Å². The molecule has 3 aromatic carbocycles. The minimum atomic E-state index is -4.90. The van der Waals surface area contributed by atoms with Gasteiger partial charge in [-0.2, -0.15) is 18.2 Å². The van der Waals surface area contributed by atoms with Crippen LogP contribution in [0, 0.1) is 5.82 Å². The summed E-state index contributed by atoms with van der Waals surface area (Å²) >= 11 is 0. The average Bonchev–Trinajstić information content (AvgIpc) is 2.84. The second kappa shape index (κ2) is 9.98. The molecule has 0 atom stereocenters. The normalized spacial score (nSPS) is 11.2. The van der Waals surface area contributed by atoms with Crippen molar-refractivity contribution in [1.29, 1.82) is 0 Å². The maximum atomic E-state index is 13.5. The quantitative estimate of drug-likeness (QED) is 0.258. The van der Waals surface area contributed by atoms with Gasteiger partial charge in [0.1, 0.15) is 11.6 Å². The van der Waals surface area contributed by atoms with Crippen LogP contribution in [-0.2, 0) is 10.9 Å². The molecule has 0 spiro atoms. The van der Waals surface area contributed by atoms with Gasteiger partial charge in [-0.15, -0.1) is 0 Å². The second-order valence-electron chi connectivity index (χ2n) is 7.38. The highest BCUT2D eigenvalue weighted by molar-refractivity contribution is 6.13. The van der Waals surface area contributed by atoms with Crippen LogP contribution in [0.25, 0.3) is 10.8 Å². The van der Waals surface area contributed by atoms with Gasteiger partial charge in [-0.1, -0.05) is 12.1 Å². The number of nitrogens with zero attached hydrogens (tertiary/aromatic N) is 2. The summed E-state index contributed by atoms with van der Waals surface area (Å²) < 4.78 is 63.1. The number of hydrogen-bond donors (Lipinski definition) is 1. The molecule has 36 heavy (non-hydrogen) atoms. The Morgan fingerprint density at radius 3 is 2.58 bits per heavy atom. The number of fused-ring (bicyclic) bond motifs is 1. The van der Waals surface area contributed by atoms with Crippen LogP contribution in [0.15, 0.2) is 66.9 Å². The highest BCUT2D eigenvalue weighted by Gasteiger charge is 2.34. The van der Waals surface area contributed by atoms with Crippen molar-refractivity contribution in [2.75, 3.05) is 11.9 Å². The van der Waals surface area contributed by atoms with Crippen molar-refractivity contribution < 1.29 is 36.6 Å². The lowest BCUT2D eigenvalue weighted by Crippen LogP contribution is -2.14. The fraction of sp³-hybridized carbons (Fsp3) is 0.120. The summed E-state index contributed by atoms with van der Waals surface area (Å²) in [5, 5.41) is 3.46. The molecule has 1 N–H and O–H groups in total. The summed E-state index contributed by atoms with van der Waals surface area (Å²) in [4.78, 5) is 32.5. The Labute approximate surface area is 201 Å². The van der Waals surface area contributed by atoms with E-state index in [0.29, 0.717) is 28.7 Å². The number of ether oxygens (including phenoxy) is 2. The standard InChI is InChI=1S/C25H17F4N3O4/c1-2-35-24(34)22-30-11-10-21(32-22)36-16-7-8-17-14(12-16)4-3-5-18(17)23(33)31-15-6-9-20(26)19(13-15)25(27,28)29/h3-13H,2H2,1H3,(H,31,33). The Hall–Kier alpha value is -4.54. The van der Waals surface area contributed by atoms with Crippen LogP contribution in [-0.4, -0.2) is 28.5 Å². The van der Waals surface area contributed by atoms with E-state index in [1.807, 2.05) is 0 Å². The summed E-state index contributed by atoms with van der Waals surface area (Å²) in [6.07, 6.45) is -3.56. The largest absolute Gasteiger partial charge is 0.460 e. The van der Waals surface area contributed by atoms with E-state index in [9.17, 15) is 27.2 Å². The first kappa shape index (κ1) is 24.6. The summed E-state index contributed by atoms with van der Waals surface area (Å²) in [7, 11) is 0. The monoisotopic (exact) mass is 499 g/mol. The maximum Gasteiger partial charge on any atom is 0.419 e. The second-order valence-corrected chi connectivity index (χ2v) is 7.38. The number of benzene rings is 3. The third-order valence-electron chi connectivity index (χ3n) is 4.94. The molecule has 0 unspecified atom stereocenters. The van der Waals surface area contributed by atoms with Crippen molar-refractivity contribution in [2.45, 2.75) is 13.1 Å². The zero-order chi connectivity index (χ0) is 25.9. The molecule has 0 aliphatic heterocycles. The number of alkyl halides is 3. The molecule has 0 aliphatic rings. The first-order valence-electron chi connectivity index (χ1n) is 10.5. The first-order chi connectivity index (χ1) is 17.2. The van der Waals surface area contributed by atoms with E-state index < -0.39 is 29.4 Å². The molecule has 1 heterocycles. The van der Waals surface area contributed by atoms with Crippen molar-refractivity contribution in [1.82, 2.24) is 9.97 Å². The predicted molar refractivity (Wildman–Crippen MR) is 121 cm³/mol. The summed E-state index contributed by atoms with van der Waals surface area (Å²) in [5.41, 5.74) is -1.49. The number of anilines is 1. The molecule has 0 saturated carbocycles. The fourth-order valence-corrected chi connectivity index (χ4v) is 3.36. The summed E-state index contributed by atoms with van der Waals surface area (Å²) in [5.74, 6) is -2.52. The Morgan fingerprint density at radius 1 is 1.03 bits per heavy atom. The van der Waals surface area contributed by atoms with Crippen molar-refractivity contribution in [3.05, 3.63) is 89.6 Å². The van der Waals surface area contributed by atoms with Gasteiger partial charge >= 0.3 is 12.1 Å². The number of carbonyl (C=O) groups excluding carboxylic acids is 2. The molecule has 1 aromatic heterocycles. The predicted octanol–water partition coefficient (Wildman–Crippen LogP) is 6.01. The zero-order valence-corrected chi connectivity index (χ0v) is 18.6. The lowest BCUT2D eigenvalue weighted by Gasteiger charge is -2.12. The van der Waals surface area contributed by atoms with Crippen LogP contribution in [0.2, 0.25) is 0 Å². The van der Waals surface area contributed by atoms with Crippen molar-refractivity contribution in [2.24, 2.45) is 0 Å². The van der Waals surface area contributed by atoms with Gasteiger partial charge in [0.25, 0.3) is 5.91 Å². The first-order valence-corrected chi connectivity index (χ1v) is 10.5. The number of amides is 1. The number of hydrogen-bond acceptors (Lipinski definition) is 6. The number of esters is 1. The van der Waals surface area contributed by atoms with E-state index >= 15 is 0 Å². The molecule has 4 rings (SSSR count). The van der Waals surface area contributed by atoms with Gasteiger partial charge in [0.15, 0.2) is 0 Å². The Morgan fingerprint density at radius 2 is 1.83 bits per heavy atom. The van der Waals surface area contributed by atoms with Crippen LogP contribution in [0.5, 0.6) is 11.6 Å². The molecule has 0 aliphatic carbocycles. The third-order valence-corrected chi connectivity index (χ3v) is 4.94. The molecular weight excluding hydrogens is 482 g/mol. The molecular formula is C25H17F4N3O4. The van der Waals surface area contributed by atoms with Gasteiger partial charge < -0.3 is 14.8 Å². The van der Waals surface area contributed by atoms with Gasteiger partial charge in [0.2, 0.25) is 11.7 Å². The van der Waals surface area contributed by atoms with Crippen molar-refractivity contribution in [3.63, 3.8) is 0 Å². The van der Waals surface area contributed by atoms with Crippen LogP contribution in [0.4, 0.5) is 23.2 Å². The lowest BCUT2D eigenvalue weighted by molar-refractivity contribution is -0.139. The lowest BCUT2D eigenvalue weighted by atomic mass is 10.0. The van der Waals surface area contributed by atoms with Crippen LogP contribution in [0.1, 0.15) is 33.5 Å². The summed E-state index contributed by atoms with van der Waals surface area (Å²) in [6.45, 7) is 1.82. The van der Waals surface area contributed by atoms with Crippen LogP contribution in [0.3, 0.4) is 0 Å². The van der Waals surface area contributed by atoms with Gasteiger partial charge in [0.05, 0.1) is 12.2 Å². The Balaban J connectivity index is 1.57. The SMILES string of the molecule is CCOC(=O)c1nccc(Oc2ccc3c(C(=O)Nc4ccc(F)c(C(F)(F)F)c4)cccc3c2)n1. The highest BCUT2D eigenvalue weighted by Crippen LogP contribution is 2.33. The molecule has 0 bridgehead atoms. The van der Waals surface area contributed by atoms with Gasteiger partial charge in [0, 0.05) is 23.5 Å². The molecule has 11 heteroatoms. The molecule has 184 valence electrons. The van der Waals surface area contributed by atoms with Crippen LogP contribution < -0.4 is 10.1 Å². The Kier molecular flexibility index (Phi) is 6.82. The molecule has 7 nitrogen and oxygen atoms in total. The third kappa shape index (κ3) is 5.40. The smallest absolute Gasteiger partial charge is 0.419 e.